The predicted octanol–water partition coefficient (Wildman–Crippen LogP) is 4.06. The molecule has 6 nitrogen and oxygen atoms in total. The van der Waals surface area contributed by atoms with E-state index in [1.54, 1.807) is 11.3 Å². The quantitative estimate of drug-likeness (QED) is 0.511. The molecule has 4 rings (SSSR count). The van der Waals surface area contributed by atoms with Gasteiger partial charge in [-0.05, 0) is 19.3 Å². The Morgan fingerprint density at radius 1 is 1.31 bits per heavy atom. The van der Waals surface area contributed by atoms with Crippen LogP contribution in [-0.4, -0.2) is 45.0 Å². The summed E-state index contributed by atoms with van der Waals surface area (Å²) in [5.41, 5.74) is 2.17. The summed E-state index contributed by atoms with van der Waals surface area (Å²) in [6.07, 6.45) is 6.99. The van der Waals surface area contributed by atoms with E-state index in [1.807, 2.05) is 30.7 Å². The van der Waals surface area contributed by atoms with E-state index in [4.69, 9.17) is 9.98 Å². The molecule has 0 amide bonds. The molecule has 2 aromatic heterocycles. The zero-order valence-electron chi connectivity index (χ0n) is 17.0. The van der Waals surface area contributed by atoms with E-state index < -0.39 is 0 Å². The number of hydrogen-bond donors (Lipinski definition) is 1. The third kappa shape index (κ3) is 4.67. The Hall–Kier alpha value is -2.67. The van der Waals surface area contributed by atoms with Crippen LogP contribution >= 0.6 is 11.3 Å². The van der Waals surface area contributed by atoms with E-state index in [0.29, 0.717) is 18.5 Å². The van der Waals surface area contributed by atoms with Crippen molar-refractivity contribution < 1.29 is 0 Å². The fourth-order valence-electron chi connectivity index (χ4n) is 3.77. The summed E-state index contributed by atoms with van der Waals surface area (Å²) >= 11 is 1.68. The molecule has 0 aliphatic carbocycles. The number of aromatic nitrogens is 3. The van der Waals surface area contributed by atoms with Crippen molar-refractivity contribution in [2.75, 3.05) is 19.6 Å². The minimum atomic E-state index is 0.416. The second kappa shape index (κ2) is 9.22. The smallest absolute Gasteiger partial charge is 0.194 e. The average molecular weight is 409 g/mol. The molecule has 29 heavy (non-hydrogen) atoms. The van der Waals surface area contributed by atoms with Gasteiger partial charge < -0.3 is 14.8 Å². The van der Waals surface area contributed by atoms with Crippen LogP contribution in [0.25, 0.3) is 10.6 Å². The van der Waals surface area contributed by atoms with Crippen molar-refractivity contribution in [3.05, 3.63) is 60.1 Å². The summed E-state index contributed by atoms with van der Waals surface area (Å²) < 4.78 is 2.23. The molecule has 1 aliphatic heterocycles. The highest BCUT2D eigenvalue weighted by atomic mass is 32.1. The van der Waals surface area contributed by atoms with Crippen LogP contribution in [0.1, 0.15) is 32.0 Å². The molecule has 7 heteroatoms. The molecule has 1 fully saturated rings. The van der Waals surface area contributed by atoms with Crippen molar-refractivity contribution >= 4 is 17.3 Å². The number of rotatable bonds is 5. The van der Waals surface area contributed by atoms with Crippen LogP contribution in [0.15, 0.2) is 59.4 Å². The van der Waals surface area contributed by atoms with Crippen molar-refractivity contribution in [3.63, 3.8) is 0 Å². The van der Waals surface area contributed by atoms with Gasteiger partial charge in [0.1, 0.15) is 5.01 Å². The van der Waals surface area contributed by atoms with Gasteiger partial charge in [0.15, 0.2) is 5.96 Å². The van der Waals surface area contributed by atoms with E-state index in [2.05, 4.69) is 57.3 Å². The number of likely N-dealkylation sites (tertiary alicyclic amines) is 1. The number of nitrogens with zero attached hydrogens (tertiary/aromatic N) is 5. The molecule has 152 valence electrons. The van der Waals surface area contributed by atoms with Crippen LogP contribution in [0.4, 0.5) is 0 Å². The predicted molar refractivity (Wildman–Crippen MR) is 119 cm³/mol. The van der Waals surface area contributed by atoms with Gasteiger partial charge in [-0.25, -0.2) is 15.0 Å². The van der Waals surface area contributed by atoms with Crippen LogP contribution in [0, 0.1) is 5.92 Å². The monoisotopic (exact) mass is 408 g/mol. The number of thiazole rings is 1. The molecule has 1 saturated heterocycles. The van der Waals surface area contributed by atoms with E-state index in [9.17, 15) is 0 Å². The standard InChI is InChI=1S/C22H28N6S/c1-3-24-22(27-11-9-17(2)20(14-27)28-12-10-23-16-28)25-13-19-15-29-21(26-19)18-7-5-4-6-8-18/h4-8,10,12,15-17,20H,3,9,11,13-14H2,1-2H3,(H,24,25). The first-order valence-electron chi connectivity index (χ1n) is 10.2. The summed E-state index contributed by atoms with van der Waals surface area (Å²) in [4.78, 5) is 16.3. The van der Waals surface area contributed by atoms with E-state index in [1.165, 1.54) is 0 Å². The molecule has 2 unspecified atom stereocenters. The molecule has 1 N–H and O–H groups in total. The number of hydrogen-bond acceptors (Lipinski definition) is 4. The van der Waals surface area contributed by atoms with Crippen LogP contribution < -0.4 is 5.32 Å². The van der Waals surface area contributed by atoms with Gasteiger partial charge in [0, 0.05) is 43.0 Å². The fraction of sp³-hybridized carbons (Fsp3) is 0.409. The lowest BCUT2D eigenvalue weighted by atomic mass is 9.93. The van der Waals surface area contributed by atoms with Crippen molar-refractivity contribution in [1.29, 1.82) is 0 Å². The summed E-state index contributed by atoms with van der Waals surface area (Å²) in [5.74, 6) is 1.59. The maximum atomic E-state index is 4.91. The van der Waals surface area contributed by atoms with E-state index in [0.717, 1.165) is 48.3 Å². The molecule has 1 aliphatic rings. The average Bonchev–Trinajstić information content (AvgIpc) is 3.45. The van der Waals surface area contributed by atoms with Gasteiger partial charge in [0.25, 0.3) is 0 Å². The van der Waals surface area contributed by atoms with Gasteiger partial charge in [0.05, 0.1) is 24.6 Å². The SMILES string of the molecule is CCNC(=NCc1csc(-c2ccccc2)n1)N1CCC(C)C(n2ccnc2)C1. The van der Waals surface area contributed by atoms with Gasteiger partial charge in [-0.15, -0.1) is 11.3 Å². The molecule has 1 aromatic carbocycles. The zero-order valence-corrected chi connectivity index (χ0v) is 17.8. The Bertz CT molecular complexity index is 918. The Kier molecular flexibility index (Phi) is 6.24. The van der Waals surface area contributed by atoms with Crippen LogP contribution in [0.5, 0.6) is 0 Å². The Labute approximate surface area is 176 Å². The Morgan fingerprint density at radius 3 is 2.93 bits per heavy atom. The number of benzene rings is 1. The Morgan fingerprint density at radius 2 is 2.17 bits per heavy atom. The number of piperidine rings is 1. The Balaban J connectivity index is 1.47. The number of aliphatic imine (C=N–C) groups is 1. The first-order chi connectivity index (χ1) is 14.2. The summed E-state index contributed by atoms with van der Waals surface area (Å²) in [6.45, 7) is 7.85. The first kappa shape index (κ1) is 19.6. The topological polar surface area (TPSA) is 58.3 Å². The summed E-state index contributed by atoms with van der Waals surface area (Å²) in [6, 6.07) is 10.7. The second-order valence-corrected chi connectivity index (χ2v) is 8.33. The summed E-state index contributed by atoms with van der Waals surface area (Å²) in [5, 5.41) is 6.63. The van der Waals surface area contributed by atoms with Gasteiger partial charge >= 0.3 is 0 Å². The maximum Gasteiger partial charge on any atom is 0.194 e. The number of guanidine groups is 1. The van der Waals surface area contributed by atoms with Crippen molar-refractivity contribution in [2.45, 2.75) is 32.9 Å². The highest BCUT2D eigenvalue weighted by Gasteiger charge is 2.28. The highest BCUT2D eigenvalue weighted by molar-refractivity contribution is 7.13. The molecule has 2 atom stereocenters. The molecule has 0 radical (unpaired) electrons. The fourth-order valence-corrected chi connectivity index (χ4v) is 4.59. The van der Waals surface area contributed by atoms with E-state index >= 15 is 0 Å². The lowest BCUT2D eigenvalue weighted by molar-refractivity contribution is 0.189. The van der Waals surface area contributed by atoms with Crippen LogP contribution in [-0.2, 0) is 6.54 Å². The van der Waals surface area contributed by atoms with E-state index in [-0.39, 0.29) is 0 Å². The molecule has 0 bridgehead atoms. The minimum absolute atomic E-state index is 0.416. The largest absolute Gasteiger partial charge is 0.357 e. The van der Waals surface area contributed by atoms with Crippen LogP contribution in [0.3, 0.4) is 0 Å². The van der Waals surface area contributed by atoms with Gasteiger partial charge in [-0.2, -0.15) is 0 Å². The molecule has 0 saturated carbocycles. The highest BCUT2D eigenvalue weighted by Crippen LogP contribution is 2.28. The maximum absolute atomic E-state index is 4.91. The molecule has 3 aromatic rings. The molecule has 3 heterocycles. The van der Waals surface area contributed by atoms with Crippen molar-refractivity contribution in [2.24, 2.45) is 10.9 Å². The molecular formula is C22H28N6S. The minimum Gasteiger partial charge on any atom is -0.357 e. The normalized spacial score (nSPS) is 20.1. The summed E-state index contributed by atoms with van der Waals surface area (Å²) in [7, 11) is 0. The third-order valence-corrected chi connectivity index (χ3v) is 6.36. The van der Waals surface area contributed by atoms with Crippen LogP contribution in [0.2, 0.25) is 0 Å². The molecular weight excluding hydrogens is 380 g/mol. The first-order valence-corrected chi connectivity index (χ1v) is 11.1. The number of imidazole rings is 1. The van der Waals surface area contributed by atoms with Crippen molar-refractivity contribution in [1.82, 2.24) is 24.8 Å². The lowest BCUT2D eigenvalue weighted by Crippen LogP contribution is -2.49. The van der Waals surface area contributed by atoms with Crippen molar-refractivity contribution in [3.8, 4) is 10.6 Å². The van der Waals surface area contributed by atoms with Gasteiger partial charge in [-0.3, -0.25) is 0 Å². The second-order valence-electron chi connectivity index (χ2n) is 7.47. The van der Waals surface area contributed by atoms with Gasteiger partial charge in [-0.1, -0.05) is 37.3 Å². The third-order valence-electron chi connectivity index (χ3n) is 5.42. The lowest BCUT2D eigenvalue weighted by Gasteiger charge is -2.39. The van der Waals surface area contributed by atoms with Gasteiger partial charge in [0.2, 0.25) is 0 Å². The number of nitrogens with one attached hydrogen (secondary N) is 1. The molecule has 0 spiro atoms. The zero-order chi connectivity index (χ0) is 20.1.